The van der Waals surface area contributed by atoms with Gasteiger partial charge in [-0.2, -0.15) is 0 Å². The molecule has 0 N–H and O–H groups in total. The van der Waals surface area contributed by atoms with Crippen molar-refractivity contribution in [1.82, 2.24) is 14.4 Å². The van der Waals surface area contributed by atoms with E-state index < -0.39 is 0 Å². The lowest BCUT2D eigenvalue weighted by Crippen LogP contribution is -2.49. The van der Waals surface area contributed by atoms with Gasteiger partial charge in [-0.15, -0.1) is 0 Å². The van der Waals surface area contributed by atoms with E-state index >= 15 is 0 Å². The average Bonchev–Trinajstić information content (AvgIpc) is 3.48. The minimum atomic E-state index is -0.0145. The Balaban J connectivity index is 1.28. The zero-order chi connectivity index (χ0) is 27.5. The van der Waals surface area contributed by atoms with Crippen molar-refractivity contribution in [2.75, 3.05) is 45.8 Å². The van der Waals surface area contributed by atoms with Crippen LogP contribution in [-0.2, 0) is 17.9 Å². The van der Waals surface area contributed by atoms with Gasteiger partial charge < -0.3 is 23.8 Å². The van der Waals surface area contributed by atoms with Crippen molar-refractivity contribution in [3.8, 4) is 11.5 Å². The standard InChI is InChI=1S/C31H40N4O4/c1-22-18-23(22)9-6-17-39-29-19-25(11-12-28(29)38-4)35-15-7-14-34(31(35)37)20-24-8-5-10-27-26(24)13-16-33(27)21-30(36)32(2)3/h5,8,10-13,16,19,22-23H,6-7,9,14-15,17-18,20-21H2,1-4H3/t22-,23-/m1/s1. The molecule has 8 heteroatoms. The van der Waals surface area contributed by atoms with E-state index in [-0.39, 0.29) is 18.5 Å². The summed E-state index contributed by atoms with van der Waals surface area (Å²) in [6.45, 7) is 5.11. The predicted molar refractivity (Wildman–Crippen MR) is 153 cm³/mol. The van der Waals surface area contributed by atoms with Gasteiger partial charge in [0.1, 0.15) is 6.54 Å². The number of anilines is 1. The SMILES string of the molecule is COc1ccc(N2CCCN(Cc3cccc4c3ccn4CC(=O)N(C)C)C2=O)cc1OCCC[C@@H]1C[C@H]1C. The second kappa shape index (κ2) is 11.6. The highest BCUT2D eigenvalue weighted by atomic mass is 16.5. The maximum Gasteiger partial charge on any atom is 0.324 e. The van der Waals surface area contributed by atoms with Crippen LogP contribution in [0.1, 0.15) is 38.2 Å². The van der Waals surface area contributed by atoms with Gasteiger partial charge in [0.15, 0.2) is 11.5 Å². The normalized spacial score (nSPS) is 18.9. The van der Waals surface area contributed by atoms with Crippen LogP contribution in [0.15, 0.2) is 48.7 Å². The minimum Gasteiger partial charge on any atom is -0.493 e. The monoisotopic (exact) mass is 532 g/mol. The molecule has 2 fully saturated rings. The summed E-state index contributed by atoms with van der Waals surface area (Å²) in [7, 11) is 5.17. The smallest absolute Gasteiger partial charge is 0.324 e. The molecule has 3 aromatic rings. The molecule has 39 heavy (non-hydrogen) atoms. The molecule has 1 aliphatic carbocycles. The maximum atomic E-state index is 13.7. The fraction of sp³-hybridized carbons (Fsp3) is 0.484. The Labute approximate surface area is 231 Å². The highest BCUT2D eigenvalue weighted by Crippen LogP contribution is 2.41. The first-order valence-corrected chi connectivity index (χ1v) is 14.0. The number of benzene rings is 2. The van der Waals surface area contributed by atoms with E-state index in [1.54, 1.807) is 26.1 Å². The summed E-state index contributed by atoms with van der Waals surface area (Å²) in [5, 5.41) is 1.06. The molecule has 1 saturated carbocycles. The molecule has 8 nitrogen and oxygen atoms in total. The van der Waals surface area contributed by atoms with Crippen LogP contribution in [0, 0.1) is 11.8 Å². The van der Waals surface area contributed by atoms with Crippen LogP contribution in [0.5, 0.6) is 11.5 Å². The number of methoxy groups -OCH3 is 1. The number of rotatable bonds is 11. The van der Waals surface area contributed by atoms with Crippen molar-refractivity contribution in [2.45, 2.75) is 45.7 Å². The van der Waals surface area contributed by atoms with Crippen molar-refractivity contribution in [1.29, 1.82) is 0 Å². The van der Waals surface area contributed by atoms with Gasteiger partial charge in [-0.05, 0) is 67.3 Å². The Bertz CT molecular complexity index is 1330. The zero-order valence-corrected chi connectivity index (χ0v) is 23.6. The molecule has 208 valence electrons. The summed E-state index contributed by atoms with van der Waals surface area (Å²) < 4.78 is 13.6. The molecule has 2 aliphatic rings. The molecule has 1 aromatic heterocycles. The Morgan fingerprint density at radius 3 is 2.67 bits per heavy atom. The van der Waals surface area contributed by atoms with Crippen molar-refractivity contribution in [3.05, 3.63) is 54.2 Å². The van der Waals surface area contributed by atoms with E-state index in [1.807, 2.05) is 57.0 Å². The van der Waals surface area contributed by atoms with E-state index in [4.69, 9.17) is 9.47 Å². The molecule has 0 spiro atoms. The summed E-state index contributed by atoms with van der Waals surface area (Å²) in [6, 6.07) is 13.9. The summed E-state index contributed by atoms with van der Waals surface area (Å²) in [6.07, 6.45) is 6.38. The lowest BCUT2D eigenvalue weighted by molar-refractivity contribution is -0.129. The average molecular weight is 533 g/mol. The Morgan fingerprint density at radius 1 is 1.10 bits per heavy atom. The molecule has 5 rings (SSSR count). The third-order valence-electron chi connectivity index (χ3n) is 8.09. The zero-order valence-electron chi connectivity index (χ0n) is 23.6. The number of ether oxygens (including phenoxy) is 2. The number of amides is 3. The van der Waals surface area contributed by atoms with Crippen LogP contribution in [0.2, 0.25) is 0 Å². The van der Waals surface area contributed by atoms with E-state index in [0.717, 1.165) is 46.8 Å². The van der Waals surface area contributed by atoms with Crippen molar-refractivity contribution >= 4 is 28.5 Å². The minimum absolute atomic E-state index is 0.0145. The number of hydrogen-bond donors (Lipinski definition) is 0. The number of nitrogens with zero attached hydrogens (tertiary/aromatic N) is 4. The molecule has 0 unspecified atom stereocenters. The molecule has 1 aliphatic heterocycles. The maximum absolute atomic E-state index is 13.7. The fourth-order valence-corrected chi connectivity index (χ4v) is 5.50. The van der Waals surface area contributed by atoms with Gasteiger partial charge in [-0.25, -0.2) is 4.79 Å². The van der Waals surface area contributed by atoms with Crippen LogP contribution in [0.25, 0.3) is 10.9 Å². The third kappa shape index (κ3) is 6.00. The van der Waals surface area contributed by atoms with Gasteiger partial charge in [-0.1, -0.05) is 19.1 Å². The van der Waals surface area contributed by atoms with Gasteiger partial charge in [0, 0.05) is 62.6 Å². The number of urea groups is 1. The molecule has 0 bridgehead atoms. The van der Waals surface area contributed by atoms with Crippen LogP contribution < -0.4 is 14.4 Å². The third-order valence-corrected chi connectivity index (χ3v) is 8.09. The van der Waals surface area contributed by atoms with Gasteiger partial charge in [0.25, 0.3) is 0 Å². The number of carbonyl (C=O) groups is 2. The van der Waals surface area contributed by atoms with Crippen LogP contribution >= 0.6 is 0 Å². The largest absolute Gasteiger partial charge is 0.493 e. The number of likely N-dealkylation sites (N-methyl/N-ethyl adjacent to an activating group) is 1. The van der Waals surface area contributed by atoms with Crippen molar-refractivity contribution < 1.29 is 19.1 Å². The molecule has 3 amide bonds. The van der Waals surface area contributed by atoms with Gasteiger partial charge >= 0.3 is 6.03 Å². The summed E-state index contributed by atoms with van der Waals surface area (Å²) in [4.78, 5) is 31.3. The van der Waals surface area contributed by atoms with Gasteiger partial charge in [0.05, 0.1) is 13.7 Å². The highest BCUT2D eigenvalue weighted by molar-refractivity contribution is 5.93. The number of carbonyl (C=O) groups excluding carboxylic acids is 2. The van der Waals surface area contributed by atoms with Crippen LogP contribution in [-0.4, -0.2) is 67.2 Å². The van der Waals surface area contributed by atoms with Crippen LogP contribution in [0.3, 0.4) is 0 Å². The first-order valence-electron chi connectivity index (χ1n) is 14.0. The molecular weight excluding hydrogens is 492 g/mol. The Morgan fingerprint density at radius 2 is 1.92 bits per heavy atom. The van der Waals surface area contributed by atoms with Gasteiger partial charge in [-0.3, -0.25) is 9.69 Å². The molecule has 2 aromatic carbocycles. The number of fused-ring (bicyclic) bond motifs is 1. The highest BCUT2D eigenvalue weighted by Gasteiger charge is 2.31. The first kappa shape index (κ1) is 26.9. The molecule has 1 saturated heterocycles. The van der Waals surface area contributed by atoms with Crippen LogP contribution in [0.4, 0.5) is 10.5 Å². The number of aromatic nitrogens is 1. The summed E-state index contributed by atoms with van der Waals surface area (Å²) in [5.74, 6) is 3.12. The molecule has 2 heterocycles. The van der Waals surface area contributed by atoms with E-state index in [0.29, 0.717) is 37.7 Å². The Hall–Kier alpha value is -3.68. The second-order valence-electron chi connectivity index (χ2n) is 11.1. The topological polar surface area (TPSA) is 67.2 Å². The Kier molecular flexibility index (Phi) is 8.00. The first-order chi connectivity index (χ1) is 18.9. The second-order valence-corrected chi connectivity index (χ2v) is 11.1. The fourth-order valence-electron chi connectivity index (χ4n) is 5.50. The van der Waals surface area contributed by atoms with E-state index in [2.05, 4.69) is 13.0 Å². The van der Waals surface area contributed by atoms with Gasteiger partial charge in [0.2, 0.25) is 5.91 Å². The summed E-state index contributed by atoms with van der Waals surface area (Å²) >= 11 is 0. The van der Waals surface area contributed by atoms with Crippen molar-refractivity contribution in [3.63, 3.8) is 0 Å². The molecule has 0 radical (unpaired) electrons. The molecular formula is C31H40N4O4. The van der Waals surface area contributed by atoms with E-state index in [9.17, 15) is 9.59 Å². The number of hydrogen-bond acceptors (Lipinski definition) is 4. The molecule has 2 atom stereocenters. The predicted octanol–water partition coefficient (Wildman–Crippen LogP) is 5.39. The quantitative estimate of drug-likeness (QED) is 0.311. The van der Waals surface area contributed by atoms with Crippen molar-refractivity contribution in [2.24, 2.45) is 11.8 Å². The van der Waals surface area contributed by atoms with E-state index in [1.165, 1.54) is 12.8 Å². The lowest BCUT2D eigenvalue weighted by atomic mass is 10.1. The lowest BCUT2D eigenvalue weighted by Gasteiger charge is -2.36. The summed E-state index contributed by atoms with van der Waals surface area (Å²) in [5.41, 5.74) is 2.89.